The summed E-state index contributed by atoms with van der Waals surface area (Å²) in [7, 11) is 5.23. The third kappa shape index (κ3) is 2.48. The lowest BCUT2D eigenvalue weighted by molar-refractivity contribution is -0.274. The highest BCUT2D eigenvalue weighted by molar-refractivity contribution is 5.66. The van der Waals surface area contributed by atoms with Gasteiger partial charge in [0.1, 0.15) is 6.10 Å². The Labute approximate surface area is 202 Å². The Balaban J connectivity index is 1.61. The average Bonchev–Trinajstić information content (AvgIpc) is 3.23. The molecule has 6 rings (SSSR count). The molecule has 0 aromatic carbocycles. The first-order valence-electron chi connectivity index (χ1n) is 13.1. The van der Waals surface area contributed by atoms with E-state index < -0.39 is 23.2 Å². The predicted molar refractivity (Wildman–Crippen MR) is 122 cm³/mol. The Morgan fingerprint density at radius 3 is 2.53 bits per heavy atom. The van der Waals surface area contributed by atoms with Crippen molar-refractivity contribution < 1.29 is 34.0 Å². The van der Waals surface area contributed by atoms with Crippen LogP contribution in [0.2, 0.25) is 0 Å². The number of carbonyl (C=O) groups excluding carboxylic acids is 1. The molecule has 0 aromatic heterocycles. The molecule has 1 aliphatic heterocycles. The molecule has 2 N–H and O–H groups in total. The molecule has 8 heteroatoms. The van der Waals surface area contributed by atoms with Crippen molar-refractivity contribution >= 4 is 5.97 Å². The lowest BCUT2D eigenvalue weighted by Crippen LogP contribution is -2.76. The average molecular weight is 480 g/mol. The Kier molecular flexibility index (Phi) is 5.29. The van der Waals surface area contributed by atoms with Gasteiger partial charge in [0, 0.05) is 81.8 Å². The van der Waals surface area contributed by atoms with Gasteiger partial charge in [-0.1, -0.05) is 6.92 Å². The van der Waals surface area contributed by atoms with Crippen LogP contribution in [-0.4, -0.2) is 98.2 Å². The van der Waals surface area contributed by atoms with Crippen molar-refractivity contribution in [1.29, 1.82) is 0 Å². The minimum absolute atomic E-state index is 0.0197. The van der Waals surface area contributed by atoms with Gasteiger partial charge >= 0.3 is 5.97 Å². The molecule has 13 atom stereocenters. The first kappa shape index (κ1) is 23.6. The molecule has 34 heavy (non-hydrogen) atoms. The van der Waals surface area contributed by atoms with Gasteiger partial charge in [-0.15, -0.1) is 0 Å². The van der Waals surface area contributed by atoms with Crippen molar-refractivity contribution in [2.45, 2.75) is 75.6 Å². The van der Waals surface area contributed by atoms with Gasteiger partial charge in [0.05, 0.1) is 30.5 Å². The number of ether oxygens (including phenoxy) is 4. The van der Waals surface area contributed by atoms with Crippen molar-refractivity contribution in [1.82, 2.24) is 4.90 Å². The van der Waals surface area contributed by atoms with Crippen molar-refractivity contribution in [2.24, 2.45) is 40.4 Å². The second-order valence-electron chi connectivity index (χ2n) is 12.1. The summed E-state index contributed by atoms with van der Waals surface area (Å²) in [4.78, 5) is 14.7. The maximum Gasteiger partial charge on any atom is 0.302 e. The quantitative estimate of drug-likeness (QED) is 0.546. The molecule has 6 fully saturated rings. The predicted octanol–water partition coefficient (Wildman–Crippen LogP) is 1.07. The van der Waals surface area contributed by atoms with Gasteiger partial charge in [-0.25, -0.2) is 0 Å². The van der Waals surface area contributed by atoms with Gasteiger partial charge in [-0.05, 0) is 31.7 Å². The van der Waals surface area contributed by atoms with Crippen LogP contribution in [0.15, 0.2) is 0 Å². The molecule has 192 valence electrons. The van der Waals surface area contributed by atoms with Crippen LogP contribution >= 0.6 is 0 Å². The van der Waals surface area contributed by atoms with Gasteiger partial charge in [-0.3, -0.25) is 9.69 Å². The summed E-state index contributed by atoms with van der Waals surface area (Å²) in [6.45, 7) is 6.00. The van der Waals surface area contributed by atoms with Crippen LogP contribution < -0.4 is 0 Å². The molecule has 1 saturated heterocycles. The lowest BCUT2D eigenvalue weighted by Gasteiger charge is -2.68. The summed E-state index contributed by atoms with van der Waals surface area (Å²) >= 11 is 0. The van der Waals surface area contributed by atoms with Crippen molar-refractivity contribution in [2.75, 3.05) is 41.0 Å². The van der Waals surface area contributed by atoms with Gasteiger partial charge in [0.25, 0.3) is 0 Å². The highest BCUT2D eigenvalue weighted by Gasteiger charge is 2.86. The Morgan fingerprint density at radius 1 is 1.15 bits per heavy atom. The van der Waals surface area contributed by atoms with E-state index >= 15 is 0 Å². The minimum atomic E-state index is -1.09. The number of aliphatic hydroxyl groups excluding tert-OH is 1. The molecule has 5 saturated carbocycles. The van der Waals surface area contributed by atoms with Crippen LogP contribution in [0.3, 0.4) is 0 Å². The van der Waals surface area contributed by atoms with Crippen LogP contribution in [0.25, 0.3) is 0 Å². The Hall–Kier alpha value is -0.770. The topological polar surface area (TPSA) is 97.7 Å². The second kappa shape index (κ2) is 7.62. The van der Waals surface area contributed by atoms with E-state index in [0.29, 0.717) is 13.0 Å². The SMILES string of the molecule is CCN1C[C@]2(COC)CC[C@H](O)C34C5CC6C(OC(C)=O)C5[C@](O)(C[C@@H]6OC)C(C(OC)C32)C14. The number of rotatable bonds is 6. The number of hydrogen-bond acceptors (Lipinski definition) is 8. The fraction of sp³-hybridized carbons (Fsp3) is 0.962. The normalized spacial score (nSPS) is 57.0. The zero-order valence-corrected chi connectivity index (χ0v) is 21.1. The minimum Gasteiger partial charge on any atom is -0.462 e. The number of esters is 1. The molecule has 1 spiro atoms. The zero-order valence-electron chi connectivity index (χ0n) is 21.1. The summed E-state index contributed by atoms with van der Waals surface area (Å²) in [5, 5.41) is 24.7. The van der Waals surface area contributed by atoms with E-state index in [4.69, 9.17) is 18.9 Å². The summed E-state index contributed by atoms with van der Waals surface area (Å²) in [5.74, 6) is -0.586. The first-order chi connectivity index (χ1) is 16.2. The smallest absolute Gasteiger partial charge is 0.302 e. The molecule has 0 aromatic rings. The molecule has 5 aliphatic carbocycles. The van der Waals surface area contributed by atoms with Crippen LogP contribution in [0.5, 0.6) is 0 Å². The molecule has 8 nitrogen and oxygen atoms in total. The molecule has 1 heterocycles. The molecule has 7 bridgehead atoms. The standard InChI is InChI=1S/C26H41NO7/c1-6-27-11-24(12-31-3)8-7-17(29)26-15-9-14-16(32-4)10-25(30,18(15)20(14)34-13(2)28)19(23(26)27)21(33-5)22(24)26/h14-23,29-30H,6-12H2,1-5H3/t14?,15?,16-,17-,18?,19?,20?,21?,22?,23?,24-,25+,26?/m0/s1. The van der Waals surface area contributed by atoms with Crippen molar-refractivity contribution in [3.63, 3.8) is 0 Å². The fourth-order valence-corrected chi connectivity index (χ4v) is 11.0. The van der Waals surface area contributed by atoms with Crippen LogP contribution in [0, 0.1) is 40.4 Å². The van der Waals surface area contributed by atoms with E-state index in [1.165, 1.54) is 6.92 Å². The van der Waals surface area contributed by atoms with Gasteiger partial charge in [-0.2, -0.15) is 0 Å². The van der Waals surface area contributed by atoms with E-state index in [2.05, 4.69) is 11.8 Å². The van der Waals surface area contributed by atoms with Crippen LogP contribution in [0.1, 0.15) is 39.5 Å². The van der Waals surface area contributed by atoms with Crippen LogP contribution in [-0.2, 0) is 23.7 Å². The highest BCUT2D eigenvalue weighted by atomic mass is 16.5. The van der Waals surface area contributed by atoms with Crippen molar-refractivity contribution in [3.8, 4) is 0 Å². The molecule has 0 amide bonds. The number of fused-ring (bicyclic) bond motifs is 2. The molecular formula is C26H41NO7. The Bertz CT molecular complexity index is 855. The number of nitrogens with zero attached hydrogens (tertiary/aromatic N) is 1. The van der Waals surface area contributed by atoms with E-state index in [1.54, 1.807) is 21.3 Å². The maximum absolute atomic E-state index is 12.7. The summed E-state index contributed by atoms with van der Waals surface area (Å²) < 4.78 is 24.1. The molecule has 6 aliphatic rings. The van der Waals surface area contributed by atoms with Gasteiger partial charge in [0.15, 0.2) is 0 Å². The summed E-state index contributed by atoms with van der Waals surface area (Å²) in [6.07, 6.45) is 1.64. The second-order valence-corrected chi connectivity index (χ2v) is 12.1. The van der Waals surface area contributed by atoms with E-state index in [9.17, 15) is 15.0 Å². The fourth-order valence-electron chi connectivity index (χ4n) is 11.0. The Morgan fingerprint density at radius 2 is 1.91 bits per heavy atom. The molecule has 9 unspecified atom stereocenters. The van der Waals surface area contributed by atoms with Crippen LogP contribution in [0.4, 0.5) is 0 Å². The summed E-state index contributed by atoms with van der Waals surface area (Å²) in [6, 6.07) is 0.0197. The third-order valence-corrected chi connectivity index (χ3v) is 11.4. The van der Waals surface area contributed by atoms with E-state index in [-0.39, 0.29) is 59.2 Å². The number of piperidine rings is 1. The number of hydrogen-bond donors (Lipinski definition) is 2. The van der Waals surface area contributed by atoms with E-state index in [0.717, 1.165) is 32.4 Å². The summed E-state index contributed by atoms with van der Waals surface area (Å²) in [5.41, 5.74) is -1.66. The van der Waals surface area contributed by atoms with Gasteiger partial charge < -0.3 is 29.2 Å². The first-order valence-corrected chi connectivity index (χ1v) is 13.1. The third-order valence-electron chi connectivity index (χ3n) is 11.4. The highest BCUT2D eigenvalue weighted by Crippen LogP contribution is 2.79. The largest absolute Gasteiger partial charge is 0.462 e. The van der Waals surface area contributed by atoms with Crippen molar-refractivity contribution in [3.05, 3.63) is 0 Å². The zero-order chi connectivity index (χ0) is 24.2. The maximum atomic E-state index is 12.7. The van der Waals surface area contributed by atoms with E-state index in [1.807, 2.05) is 0 Å². The number of aliphatic hydroxyl groups is 2. The van der Waals surface area contributed by atoms with Gasteiger partial charge in [0.2, 0.25) is 0 Å². The molecular weight excluding hydrogens is 438 g/mol. The monoisotopic (exact) mass is 479 g/mol. The molecule has 0 radical (unpaired) electrons. The number of methoxy groups -OCH3 is 3. The number of likely N-dealkylation sites (tertiary alicyclic amines) is 1. The number of carbonyl (C=O) groups is 1. The lowest BCUT2D eigenvalue weighted by atomic mass is 9.43.